The molecule has 2 N–H and O–H groups in total. The largest absolute Gasteiger partial charge is 0.353 e. The average molecular weight is 252 g/mol. The third-order valence-corrected chi connectivity index (χ3v) is 2.55. The van der Waals surface area contributed by atoms with Gasteiger partial charge >= 0.3 is 0 Å². The van der Waals surface area contributed by atoms with E-state index in [1.165, 1.54) is 5.56 Å². The van der Waals surface area contributed by atoms with E-state index in [2.05, 4.69) is 39.9 Å². The van der Waals surface area contributed by atoms with Crippen LogP contribution in [-0.2, 0) is 0 Å². The lowest BCUT2D eigenvalue weighted by Gasteiger charge is -2.04. The number of nitrogens with zero attached hydrogens (tertiary/aromatic N) is 3. The predicted molar refractivity (Wildman–Crippen MR) is 71.4 cm³/mol. The number of hydrogen-bond donors (Lipinski definition) is 2. The first kappa shape index (κ1) is 11.7. The molecule has 1 aliphatic rings. The first-order valence-electron chi connectivity index (χ1n) is 5.33. The summed E-state index contributed by atoms with van der Waals surface area (Å²) in [7, 11) is 0. The molecule has 90 valence electrons. The molecule has 0 saturated heterocycles. The molecule has 0 saturated carbocycles. The Kier molecular flexibility index (Phi) is 3.19. The first-order chi connectivity index (χ1) is 7.81. The maximum Gasteiger partial charge on any atom is 0.212 e. The van der Waals surface area contributed by atoms with Gasteiger partial charge < -0.3 is 5.32 Å². The highest BCUT2D eigenvalue weighted by Crippen LogP contribution is 2.13. The molecule has 0 bridgehead atoms. The summed E-state index contributed by atoms with van der Waals surface area (Å²) >= 11 is 0. The van der Waals surface area contributed by atoms with Crippen LogP contribution < -0.4 is 10.7 Å². The van der Waals surface area contributed by atoms with E-state index in [4.69, 9.17) is 0 Å². The summed E-state index contributed by atoms with van der Waals surface area (Å²) in [6.45, 7) is 3.79. The van der Waals surface area contributed by atoms with Gasteiger partial charge in [0.2, 0.25) is 5.96 Å². The molecule has 2 heterocycles. The van der Waals surface area contributed by atoms with Gasteiger partial charge in [0.25, 0.3) is 0 Å². The van der Waals surface area contributed by atoms with E-state index in [9.17, 15) is 0 Å². The lowest BCUT2D eigenvalue weighted by atomic mass is 10.2. The minimum absolute atomic E-state index is 0. The Labute approximate surface area is 105 Å². The number of benzene rings is 1. The molecule has 0 amide bonds. The smallest absolute Gasteiger partial charge is 0.212 e. The minimum atomic E-state index is 0. The number of rotatable bonds is 1. The summed E-state index contributed by atoms with van der Waals surface area (Å²) in [5.41, 5.74) is 5.32. The highest BCUT2D eigenvalue weighted by molar-refractivity contribution is 5.89. The molecule has 2 aromatic rings. The number of aliphatic imine (C=N–C) groups is 1. The second kappa shape index (κ2) is 4.63. The molecular formula is C11H14ClN5. The van der Waals surface area contributed by atoms with Gasteiger partial charge in [-0.25, -0.2) is 10.4 Å². The van der Waals surface area contributed by atoms with E-state index < -0.39 is 0 Å². The number of hydrogen-bond acceptors (Lipinski definition) is 4. The minimum Gasteiger partial charge on any atom is -0.353 e. The summed E-state index contributed by atoms with van der Waals surface area (Å²) in [5, 5.41) is 8.67. The Morgan fingerprint density at radius 2 is 2.29 bits per heavy atom. The number of halogens is 1. The zero-order chi connectivity index (χ0) is 11.0. The highest BCUT2D eigenvalue weighted by Gasteiger charge is 2.06. The quantitative estimate of drug-likeness (QED) is 0.803. The van der Waals surface area contributed by atoms with Crippen molar-refractivity contribution in [1.82, 2.24) is 15.2 Å². The fraction of sp³-hybridized carbons (Fsp3) is 0.273. The van der Waals surface area contributed by atoms with E-state index in [1.54, 1.807) is 4.79 Å². The third kappa shape index (κ3) is 2.34. The third-order valence-electron chi connectivity index (χ3n) is 2.55. The zero-order valence-electron chi connectivity index (χ0n) is 9.47. The molecule has 1 aliphatic heterocycles. The van der Waals surface area contributed by atoms with E-state index >= 15 is 0 Å². The summed E-state index contributed by atoms with van der Waals surface area (Å²) < 4.78 is 0. The van der Waals surface area contributed by atoms with E-state index in [1.807, 2.05) is 12.3 Å². The Morgan fingerprint density at radius 3 is 3.06 bits per heavy atom. The average Bonchev–Trinajstić information content (AvgIpc) is 2.86. The number of aromatic nitrogens is 2. The van der Waals surface area contributed by atoms with Crippen molar-refractivity contribution in [3.63, 3.8) is 0 Å². The predicted octanol–water partition coefficient (Wildman–Crippen LogP) is 1.27. The molecule has 0 radical (unpaired) electrons. The van der Waals surface area contributed by atoms with Crippen molar-refractivity contribution < 1.29 is 0 Å². The maximum absolute atomic E-state index is 4.40. The van der Waals surface area contributed by atoms with Gasteiger partial charge in [-0.3, -0.25) is 0 Å². The maximum atomic E-state index is 4.40. The molecule has 0 aliphatic carbocycles. The van der Waals surface area contributed by atoms with E-state index in [0.717, 1.165) is 30.0 Å². The Balaban J connectivity index is 0.00000108. The Bertz CT molecular complexity index is 560. The van der Waals surface area contributed by atoms with Gasteiger partial charge in [0.1, 0.15) is 0 Å². The summed E-state index contributed by atoms with van der Waals surface area (Å²) in [4.78, 5) is 5.95. The lowest BCUT2D eigenvalue weighted by molar-refractivity contribution is 0.816. The van der Waals surface area contributed by atoms with Crippen molar-refractivity contribution in [2.75, 3.05) is 18.5 Å². The summed E-state index contributed by atoms with van der Waals surface area (Å²) in [6, 6.07) is 6.20. The van der Waals surface area contributed by atoms with Crippen LogP contribution in [0.15, 0.2) is 29.4 Å². The van der Waals surface area contributed by atoms with Crippen LogP contribution >= 0.6 is 12.4 Å². The molecule has 1 aromatic carbocycles. The van der Waals surface area contributed by atoms with Crippen molar-refractivity contribution in [3.05, 3.63) is 30.0 Å². The molecule has 0 spiro atoms. The molecule has 3 rings (SSSR count). The van der Waals surface area contributed by atoms with Gasteiger partial charge in [-0.2, -0.15) is 9.89 Å². The van der Waals surface area contributed by atoms with E-state index in [0.29, 0.717) is 0 Å². The molecular weight excluding hydrogens is 238 g/mol. The van der Waals surface area contributed by atoms with Gasteiger partial charge in [-0.15, -0.1) is 12.4 Å². The second-order valence-corrected chi connectivity index (χ2v) is 3.90. The Morgan fingerprint density at radius 1 is 1.41 bits per heavy atom. The van der Waals surface area contributed by atoms with Gasteiger partial charge in [0, 0.05) is 11.9 Å². The van der Waals surface area contributed by atoms with Crippen LogP contribution in [0.3, 0.4) is 0 Å². The van der Waals surface area contributed by atoms with Gasteiger partial charge in [0.15, 0.2) is 0 Å². The molecule has 0 unspecified atom stereocenters. The van der Waals surface area contributed by atoms with Crippen molar-refractivity contribution in [3.8, 4) is 0 Å². The van der Waals surface area contributed by atoms with Crippen LogP contribution in [0.25, 0.3) is 10.9 Å². The number of guanidine groups is 1. The first-order valence-corrected chi connectivity index (χ1v) is 5.33. The SMILES string of the molecule is Cc1ccc2nn(NC3=NCCN3)cc2c1.Cl. The van der Waals surface area contributed by atoms with Crippen LogP contribution in [0.4, 0.5) is 0 Å². The van der Waals surface area contributed by atoms with Crippen molar-refractivity contribution >= 4 is 29.3 Å². The molecule has 1 aromatic heterocycles. The van der Waals surface area contributed by atoms with Gasteiger partial charge in [0.05, 0.1) is 18.3 Å². The van der Waals surface area contributed by atoms with Crippen LogP contribution in [-0.4, -0.2) is 28.9 Å². The lowest BCUT2D eigenvalue weighted by Crippen LogP contribution is -2.32. The topological polar surface area (TPSA) is 54.2 Å². The van der Waals surface area contributed by atoms with Crippen LogP contribution in [0, 0.1) is 6.92 Å². The molecule has 5 nitrogen and oxygen atoms in total. The van der Waals surface area contributed by atoms with Crippen molar-refractivity contribution in [1.29, 1.82) is 0 Å². The zero-order valence-corrected chi connectivity index (χ0v) is 10.3. The van der Waals surface area contributed by atoms with Crippen LogP contribution in [0.1, 0.15) is 5.56 Å². The number of fused-ring (bicyclic) bond motifs is 1. The van der Waals surface area contributed by atoms with Crippen molar-refractivity contribution in [2.45, 2.75) is 6.92 Å². The standard InChI is InChI=1S/C11H13N5.ClH/c1-8-2-3-10-9(6-8)7-16(14-10)15-11-12-4-5-13-11;/h2-3,6-7H,4-5H2,1H3,(H2,12,13,15);1H. The summed E-state index contributed by atoms with van der Waals surface area (Å²) in [5.74, 6) is 0.782. The van der Waals surface area contributed by atoms with Crippen LogP contribution in [0.5, 0.6) is 0 Å². The monoisotopic (exact) mass is 251 g/mol. The fourth-order valence-electron chi connectivity index (χ4n) is 1.78. The van der Waals surface area contributed by atoms with Crippen molar-refractivity contribution in [2.24, 2.45) is 4.99 Å². The summed E-state index contributed by atoms with van der Waals surface area (Å²) in [6.07, 6.45) is 1.96. The van der Waals surface area contributed by atoms with Gasteiger partial charge in [-0.1, -0.05) is 11.6 Å². The number of nitrogens with one attached hydrogen (secondary N) is 2. The Hall–Kier alpha value is -1.75. The van der Waals surface area contributed by atoms with Crippen LogP contribution in [0.2, 0.25) is 0 Å². The highest BCUT2D eigenvalue weighted by atomic mass is 35.5. The molecule has 17 heavy (non-hydrogen) atoms. The van der Waals surface area contributed by atoms with E-state index in [-0.39, 0.29) is 12.4 Å². The second-order valence-electron chi connectivity index (χ2n) is 3.90. The number of aryl methyl sites for hydroxylation is 1. The fourth-order valence-corrected chi connectivity index (χ4v) is 1.78. The molecule has 0 atom stereocenters. The molecule has 6 heteroatoms. The van der Waals surface area contributed by atoms with Gasteiger partial charge in [-0.05, 0) is 19.1 Å². The normalized spacial score (nSPS) is 14.1. The molecule has 0 fully saturated rings.